The number of benzene rings is 2. The van der Waals surface area contributed by atoms with Gasteiger partial charge in [-0.25, -0.2) is 9.79 Å². The van der Waals surface area contributed by atoms with Crippen molar-refractivity contribution >= 4 is 39.0 Å². The van der Waals surface area contributed by atoms with E-state index in [0.717, 1.165) is 39.2 Å². The summed E-state index contributed by atoms with van der Waals surface area (Å²) in [5.74, 6) is 0. The first-order valence-corrected chi connectivity index (χ1v) is 11.5. The molecule has 0 spiro atoms. The Hall–Kier alpha value is -2.38. The van der Waals surface area contributed by atoms with E-state index in [1.165, 1.54) is 0 Å². The monoisotopic (exact) mass is 487 g/mol. The van der Waals surface area contributed by atoms with Crippen LogP contribution in [-0.4, -0.2) is 22.8 Å². The van der Waals surface area contributed by atoms with E-state index in [2.05, 4.69) is 43.3 Å². The first-order valence-electron chi connectivity index (χ1n) is 9.83. The lowest BCUT2D eigenvalue weighted by atomic mass is 10.2. The van der Waals surface area contributed by atoms with Crippen molar-refractivity contribution < 1.29 is 9.53 Å². The van der Waals surface area contributed by atoms with Gasteiger partial charge in [0.1, 0.15) is 5.60 Å². The summed E-state index contributed by atoms with van der Waals surface area (Å²) in [6, 6.07) is 18.2. The quantitative estimate of drug-likeness (QED) is 0.425. The van der Waals surface area contributed by atoms with Gasteiger partial charge in [0.15, 0.2) is 4.80 Å². The van der Waals surface area contributed by atoms with Crippen LogP contribution < -0.4 is 10.1 Å². The number of halogens is 1. The second kappa shape index (κ2) is 10.1. The van der Waals surface area contributed by atoms with Crippen molar-refractivity contribution in [2.24, 2.45) is 4.99 Å². The largest absolute Gasteiger partial charge is 0.444 e. The topological polar surface area (TPSA) is 55.6 Å². The normalized spacial score (nSPS) is 12.1. The van der Waals surface area contributed by atoms with Crippen molar-refractivity contribution in [2.45, 2.75) is 39.3 Å². The van der Waals surface area contributed by atoms with Crippen LogP contribution in [0.1, 0.15) is 27.2 Å². The van der Waals surface area contributed by atoms with Crippen molar-refractivity contribution in [3.63, 3.8) is 0 Å². The van der Waals surface area contributed by atoms with Crippen molar-refractivity contribution in [1.82, 2.24) is 9.88 Å². The Kier molecular flexibility index (Phi) is 7.50. The maximum Gasteiger partial charge on any atom is 0.407 e. The van der Waals surface area contributed by atoms with E-state index in [-0.39, 0.29) is 6.09 Å². The lowest BCUT2D eigenvalue weighted by Gasteiger charge is -2.19. The smallest absolute Gasteiger partial charge is 0.407 e. The Morgan fingerprint density at radius 1 is 1.13 bits per heavy atom. The van der Waals surface area contributed by atoms with Crippen LogP contribution in [0.3, 0.4) is 0 Å². The molecule has 3 rings (SSSR count). The average molecular weight is 488 g/mol. The molecule has 0 radical (unpaired) electrons. The summed E-state index contributed by atoms with van der Waals surface area (Å²) in [6.45, 7) is 6.83. The molecule has 1 amide bonds. The summed E-state index contributed by atoms with van der Waals surface area (Å²) in [5, 5.41) is 4.96. The Morgan fingerprint density at radius 2 is 1.83 bits per heavy atom. The average Bonchev–Trinajstić information content (AvgIpc) is 3.08. The zero-order valence-electron chi connectivity index (χ0n) is 17.4. The Bertz CT molecular complexity index is 1030. The molecular formula is C23H26BrN3O2S. The number of para-hydroxylation sites is 1. The van der Waals surface area contributed by atoms with Gasteiger partial charge >= 0.3 is 6.09 Å². The van der Waals surface area contributed by atoms with Crippen LogP contribution in [0.5, 0.6) is 0 Å². The summed E-state index contributed by atoms with van der Waals surface area (Å²) in [6.07, 6.45) is 0.377. The minimum absolute atomic E-state index is 0.389. The zero-order chi connectivity index (χ0) is 21.6. The summed E-state index contributed by atoms with van der Waals surface area (Å²) < 4.78 is 8.56. The molecule has 1 heterocycles. The molecule has 2 aromatic carbocycles. The van der Waals surface area contributed by atoms with Gasteiger partial charge in [-0.05, 0) is 57.0 Å². The number of aromatic nitrogens is 1. The molecule has 0 saturated carbocycles. The Morgan fingerprint density at radius 3 is 2.50 bits per heavy atom. The highest BCUT2D eigenvalue weighted by Crippen LogP contribution is 2.23. The molecule has 5 nitrogen and oxygen atoms in total. The van der Waals surface area contributed by atoms with E-state index in [9.17, 15) is 4.79 Å². The number of rotatable bonds is 6. The fraction of sp³-hybridized carbons (Fsp3) is 0.304. The van der Waals surface area contributed by atoms with Crippen molar-refractivity contribution in [3.8, 4) is 11.3 Å². The molecule has 1 N–H and O–H groups in total. The van der Waals surface area contributed by atoms with Crippen LogP contribution in [0, 0.1) is 0 Å². The van der Waals surface area contributed by atoms with Crippen molar-refractivity contribution in [3.05, 3.63) is 69.3 Å². The first-order chi connectivity index (χ1) is 14.3. The molecule has 3 aromatic rings. The number of alkyl carbamates (subject to hydrolysis) is 1. The standard InChI is InChI=1S/C23H26BrN3O2S/c1-23(2,3)29-22(28)25-14-7-15-27-20(17-10-12-18(24)13-11-17)16-30-21(27)26-19-8-5-4-6-9-19/h4-6,8-13,16H,7,14-15H2,1-3H3,(H,25,28). The van der Waals surface area contributed by atoms with Gasteiger partial charge in [-0.2, -0.15) is 0 Å². The van der Waals surface area contributed by atoms with E-state index in [4.69, 9.17) is 9.73 Å². The molecule has 30 heavy (non-hydrogen) atoms. The summed E-state index contributed by atoms with van der Waals surface area (Å²) >= 11 is 5.11. The van der Waals surface area contributed by atoms with Gasteiger partial charge < -0.3 is 14.6 Å². The molecule has 1 aromatic heterocycles. The van der Waals surface area contributed by atoms with Crippen LogP contribution in [0.15, 0.2) is 69.4 Å². The first kappa shape index (κ1) is 22.3. The third-order valence-electron chi connectivity index (χ3n) is 4.15. The number of carbonyl (C=O) groups excluding carboxylic acids is 1. The Balaban J connectivity index is 1.79. The summed E-state index contributed by atoms with van der Waals surface area (Å²) in [7, 11) is 0. The number of thiazole rings is 1. The van der Waals surface area contributed by atoms with Crippen LogP contribution in [0.4, 0.5) is 10.5 Å². The van der Waals surface area contributed by atoms with Crippen molar-refractivity contribution in [1.29, 1.82) is 0 Å². The van der Waals surface area contributed by atoms with Gasteiger partial charge in [0, 0.05) is 22.9 Å². The van der Waals surface area contributed by atoms with Gasteiger partial charge in [-0.15, -0.1) is 11.3 Å². The third kappa shape index (κ3) is 6.57. The van der Waals surface area contributed by atoms with Gasteiger partial charge in [-0.3, -0.25) is 0 Å². The maximum absolute atomic E-state index is 11.9. The molecule has 0 aliphatic carbocycles. The second-order valence-corrected chi connectivity index (χ2v) is 9.54. The number of ether oxygens (including phenoxy) is 1. The minimum Gasteiger partial charge on any atom is -0.444 e. The molecule has 0 saturated heterocycles. The number of amides is 1. The fourth-order valence-electron chi connectivity index (χ4n) is 2.84. The SMILES string of the molecule is CC(C)(C)OC(=O)NCCCn1c(-c2ccc(Br)cc2)csc1=Nc1ccccc1. The van der Waals surface area contributed by atoms with E-state index >= 15 is 0 Å². The molecular weight excluding hydrogens is 462 g/mol. The van der Waals surface area contributed by atoms with Gasteiger partial charge in [-0.1, -0.05) is 46.3 Å². The lowest BCUT2D eigenvalue weighted by Crippen LogP contribution is -2.33. The molecule has 0 aliphatic heterocycles. The molecule has 0 unspecified atom stereocenters. The lowest BCUT2D eigenvalue weighted by molar-refractivity contribution is 0.0526. The molecule has 158 valence electrons. The minimum atomic E-state index is -0.497. The molecule has 0 fully saturated rings. The predicted octanol–water partition coefficient (Wildman–Crippen LogP) is 6.13. The van der Waals surface area contributed by atoms with E-state index in [0.29, 0.717) is 6.54 Å². The van der Waals surface area contributed by atoms with Crippen LogP contribution in [0.25, 0.3) is 11.3 Å². The van der Waals surface area contributed by atoms with E-state index in [1.54, 1.807) is 11.3 Å². The molecule has 0 bridgehead atoms. The molecule has 0 aliphatic rings. The van der Waals surface area contributed by atoms with Crippen LogP contribution in [-0.2, 0) is 11.3 Å². The van der Waals surface area contributed by atoms with Crippen LogP contribution in [0.2, 0.25) is 0 Å². The number of hydrogen-bond donors (Lipinski definition) is 1. The number of carbonyl (C=O) groups is 1. The fourth-order valence-corrected chi connectivity index (χ4v) is 4.06. The highest BCUT2D eigenvalue weighted by Gasteiger charge is 2.15. The highest BCUT2D eigenvalue weighted by molar-refractivity contribution is 9.10. The third-order valence-corrected chi connectivity index (χ3v) is 5.54. The van der Waals surface area contributed by atoms with Crippen molar-refractivity contribution in [2.75, 3.05) is 6.54 Å². The maximum atomic E-state index is 11.9. The van der Waals surface area contributed by atoms with Gasteiger partial charge in [0.2, 0.25) is 0 Å². The second-order valence-electron chi connectivity index (χ2n) is 7.79. The zero-order valence-corrected chi connectivity index (χ0v) is 19.8. The number of nitrogens with zero attached hydrogens (tertiary/aromatic N) is 2. The molecule has 7 heteroatoms. The van der Waals surface area contributed by atoms with E-state index < -0.39 is 5.60 Å². The van der Waals surface area contributed by atoms with Gasteiger partial charge in [0.05, 0.1) is 11.4 Å². The number of nitrogens with one attached hydrogen (secondary N) is 1. The molecule has 0 atom stereocenters. The summed E-state index contributed by atoms with van der Waals surface area (Å²) in [5.41, 5.74) is 2.66. The van der Waals surface area contributed by atoms with Crippen LogP contribution >= 0.6 is 27.3 Å². The van der Waals surface area contributed by atoms with Gasteiger partial charge in [0.25, 0.3) is 0 Å². The highest BCUT2D eigenvalue weighted by atomic mass is 79.9. The number of hydrogen-bond acceptors (Lipinski definition) is 4. The summed E-state index contributed by atoms with van der Waals surface area (Å²) in [4.78, 5) is 17.6. The Labute approximate surface area is 189 Å². The van der Waals surface area contributed by atoms with E-state index in [1.807, 2.05) is 63.2 Å². The predicted molar refractivity (Wildman–Crippen MR) is 126 cm³/mol.